The van der Waals surface area contributed by atoms with Crippen LogP contribution in [0.1, 0.15) is 36.1 Å². The molecular formula is C16H15N3O4S. The van der Waals surface area contributed by atoms with E-state index in [1.165, 1.54) is 11.3 Å². The van der Waals surface area contributed by atoms with E-state index >= 15 is 0 Å². The lowest BCUT2D eigenvalue weighted by molar-refractivity contribution is 0.102. The van der Waals surface area contributed by atoms with Crippen LogP contribution in [-0.4, -0.2) is 21.2 Å². The molecule has 2 aromatic heterocycles. The summed E-state index contributed by atoms with van der Waals surface area (Å²) in [5.41, 5.74) is -1.36. The molecule has 0 spiro atoms. The molecule has 1 amide bonds. The van der Waals surface area contributed by atoms with Crippen molar-refractivity contribution >= 4 is 33.3 Å². The van der Waals surface area contributed by atoms with E-state index in [0.29, 0.717) is 0 Å². The number of fused-ring (bicyclic) bond motifs is 1. The number of rotatable bonds is 2. The minimum atomic E-state index is -0.913. The van der Waals surface area contributed by atoms with Gasteiger partial charge < -0.3 is 9.52 Å². The second kappa shape index (κ2) is 5.72. The number of aromatic nitrogens is 2. The Morgan fingerprint density at radius 1 is 1.25 bits per heavy atom. The van der Waals surface area contributed by atoms with Crippen LogP contribution in [0.4, 0.5) is 5.13 Å². The highest BCUT2D eigenvalue weighted by Gasteiger charge is 2.24. The first kappa shape index (κ1) is 16.1. The van der Waals surface area contributed by atoms with E-state index in [0.717, 1.165) is 5.01 Å². The average Bonchev–Trinajstić information content (AvgIpc) is 2.96. The number of aromatic hydroxyl groups is 1. The van der Waals surface area contributed by atoms with Crippen molar-refractivity contribution in [2.24, 2.45) is 0 Å². The van der Waals surface area contributed by atoms with E-state index < -0.39 is 22.8 Å². The first-order valence-corrected chi connectivity index (χ1v) is 7.99. The van der Waals surface area contributed by atoms with Gasteiger partial charge in [0.05, 0.1) is 5.39 Å². The summed E-state index contributed by atoms with van der Waals surface area (Å²) in [7, 11) is 0. The van der Waals surface area contributed by atoms with Crippen LogP contribution in [0.3, 0.4) is 0 Å². The number of nitrogens with zero attached hydrogens (tertiary/aromatic N) is 2. The van der Waals surface area contributed by atoms with Crippen molar-refractivity contribution in [3.8, 4) is 5.75 Å². The Morgan fingerprint density at radius 3 is 2.62 bits per heavy atom. The highest BCUT2D eigenvalue weighted by Crippen LogP contribution is 2.29. The van der Waals surface area contributed by atoms with Gasteiger partial charge in [0.2, 0.25) is 5.13 Å². The molecule has 8 heteroatoms. The first-order chi connectivity index (χ1) is 11.3. The van der Waals surface area contributed by atoms with Crippen LogP contribution in [0.2, 0.25) is 0 Å². The van der Waals surface area contributed by atoms with E-state index in [4.69, 9.17) is 4.42 Å². The van der Waals surface area contributed by atoms with Gasteiger partial charge in [-0.05, 0) is 12.1 Å². The lowest BCUT2D eigenvalue weighted by Gasteiger charge is -2.12. The first-order valence-electron chi connectivity index (χ1n) is 7.17. The van der Waals surface area contributed by atoms with Crippen molar-refractivity contribution in [3.63, 3.8) is 0 Å². The number of carbonyl (C=O) groups excluding carboxylic acids is 1. The van der Waals surface area contributed by atoms with Crippen LogP contribution >= 0.6 is 11.3 Å². The maximum absolute atomic E-state index is 12.4. The monoisotopic (exact) mass is 345 g/mol. The van der Waals surface area contributed by atoms with E-state index in [2.05, 4.69) is 15.5 Å². The Hall–Kier alpha value is -2.74. The van der Waals surface area contributed by atoms with Crippen molar-refractivity contribution in [3.05, 3.63) is 45.3 Å². The summed E-state index contributed by atoms with van der Waals surface area (Å²) in [5, 5.41) is 21.9. The van der Waals surface area contributed by atoms with Crippen molar-refractivity contribution in [1.29, 1.82) is 0 Å². The molecule has 0 aliphatic rings. The SMILES string of the molecule is CC(C)(C)c1nnc(NC(=O)c2c(O)c3ccccc3oc2=O)s1. The third-order valence-corrected chi connectivity index (χ3v) is 4.56. The quantitative estimate of drug-likeness (QED) is 0.692. The van der Waals surface area contributed by atoms with Gasteiger partial charge in [0.15, 0.2) is 5.56 Å². The Kier molecular flexibility index (Phi) is 3.84. The van der Waals surface area contributed by atoms with Gasteiger partial charge >= 0.3 is 5.63 Å². The maximum atomic E-state index is 12.4. The molecule has 0 saturated heterocycles. The molecule has 3 rings (SSSR count). The zero-order valence-corrected chi connectivity index (χ0v) is 14.1. The fourth-order valence-corrected chi connectivity index (χ4v) is 2.87. The van der Waals surface area contributed by atoms with E-state index in [1.54, 1.807) is 24.3 Å². The number of para-hydroxylation sites is 1. The highest BCUT2D eigenvalue weighted by atomic mass is 32.1. The molecular weight excluding hydrogens is 330 g/mol. The molecule has 124 valence electrons. The van der Waals surface area contributed by atoms with E-state index in [1.807, 2.05) is 20.8 Å². The van der Waals surface area contributed by atoms with Crippen LogP contribution in [0.5, 0.6) is 5.75 Å². The molecule has 2 heterocycles. The predicted molar refractivity (Wildman–Crippen MR) is 90.7 cm³/mol. The number of hydrogen-bond acceptors (Lipinski definition) is 7. The molecule has 0 unspecified atom stereocenters. The maximum Gasteiger partial charge on any atom is 0.353 e. The molecule has 3 aromatic rings. The summed E-state index contributed by atoms with van der Waals surface area (Å²) in [5.74, 6) is -1.21. The molecule has 1 aromatic carbocycles. The third kappa shape index (κ3) is 2.88. The normalized spacial score (nSPS) is 11.6. The third-order valence-electron chi connectivity index (χ3n) is 3.30. The molecule has 0 radical (unpaired) electrons. The predicted octanol–water partition coefficient (Wildman–Crippen LogP) is 2.90. The highest BCUT2D eigenvalue weighted by molar-refractivity contribution is 7.15. The van der Waals surface area contributed by atoms with Gasteiger partial charge in [0.1, 0.15) is 16.3 Å². The molecule has 2 N–H and O–H groups in total. The van der Waals surface area contributed by atoms with Crippen molar-refractivity contribution in [1.82, 2.24) is 10.2 Å². The fourth-order valence-electron chi connectivity index (χ4n) is 2.07. The zero-order valence-electron chi connectivity index (χ0n) is 13.3. The van der Waals surface area contributed by atoms with Gasteiger partial charge in [-0.2, -0.15) is 0 Å². The van der Waals surface area contributed by atoms with Gasteiger partial charge in [0.25, 0.3) is 5.91 Å². The van der Waals surface area contributed by atoms with Crippen molar-refractivity contribution in [2.75, 3.05) is 5.32 Å². The molecule has 7 nitrogen and oxygen atoms in total. The van der Waals surface area contributed by atoms with Gasteiger partial charge in [-0.25, -0.2) is 4.79 Å². The fraction of sp³-hybridized carbons (Fsp3) is 0.250. The Bertz CT molecular complexity index is 985. The topological polar surface area (TPSA) is 105 Å². The summed E-state index contributed by atoms with van der Waals surface area (Å²) < 4.78 is 5.08. The largest absolute Gasteiger partial charge is 0.506 e. The van der Waals surface area contributed by atoms with Crippen molar-refractivity contribution < 1.29 is 14.3 Å². The van der Waals surface area contributed by atoms with Crippen LogP contribution in [-0.2, 0) is 5.41 Å². The number of hydrogen-bond donors (Lipinski definition) is 2. The van der Waals surface area contributed by atoms with Crippen molar-refractivity contribution in [2.45, 2.75) is 26.2 Å². The molecule has 0 bridgehead atoms. The summed E-state index contributed by atoms with van der Waals surface area (Å²) >= 11 is 1.21. The van der Waals surface area contributed by atoms with Gasteiger partial charge in [-0.3, -0.25) is 10.1 Å². The zero-order chi connectivity index (χ0) is 17.5. The number of anilines is 1. The lowest BCUT2D eigenvalue weighted by Crippen LogP contribution is -2.21. The van der Waals surface area contributed by atoms with Crippen LogP contribution in [0.15, 0.2) is 33.5 Å². The minimum absolute atomic E-state index is 0.204. The van der Waals surface area contributed by atoms with E-state index in [9.17, 15) is 14.7 Å². The standard InChI is InChI=1S/C16H15N3O4S/c1-16(2,3)14-18-19-15(24-14)17-12(21)10-11(20)8-6-4-5-7-9(8)23-13(10)22/h4-7,20H,1-3H3,(H,17,19,21). The number of benzene rings is 1. The summed E-state index contributed by atoms with van der Waals surface area (Å²) in [4.78, 5) is 24.4. The summed E-state index contributed by atoms with van der Waals surface area (Å²) in [6.45, 7) is 5.93. The average molecular weight is 345 g/mol. The second-order valence-corrected chi connectivity index (χ2v) is 7.20. The molecule has 0 saturated carbocycles. The Balaban J connectivity index is 1.97. The van der Waals surface area contributed by atoms with E-state index in [-0.39, 0.29) is 21.5 Å². The summed E-state index contributed by atoms with van der Waals surface area (Å²) in [6.07, 6.45) is 0. The van der Waals surface area contributed by atoms with Gasteiger partial charge in [0, 0.05) is 5.41 Å². The van der Waals surface area contributed by atoms with Crippen LogP contribution in [0.25, 0.3) is 11.0 Å². The Morgan fingerprint density at radius 2 is 1.96 bits per heavy atom. The number of amides is 1. The smallest absolute Gasteiger partial charge is 0.353 e. The van der Waals surface area contributed by atoms with Crippen LogP contribution < -0.4 is 10.9 Å². The second-order valence-electron chi connectivity index (χ2n) is 6.23. The molecule has 0 atom stereocenters. The van der Waals surface area contributed by atoms with Gasteiger partial charge in [-0.1, -0.05) is 44.2 Å². The molecule has 0 aliphatic heterocycles. The molecule has 0 fully saturated rings. The number of nitrogens with one attached hydrogen (secondary N) is 1. The van der Waals surface area contributed by atoms with Gasteiger partial charge in [-0.15, -0.1) is 10.2 Å². The Labute approximate surface area is 141 Å². The number of carbonyl (C=O) groups is 1. The lowest BCUT2D eigenvalue weighted by atomic mass is 9.98. The minimum Gasteiger partial charge on any atom is -0.506 e. The molecule has 24 heavy (non-hydrogen) atoms. The molecule has 0 aliphatic carbocycles. The summed E-state index contributed by atoms with van der Waals surface area (Å²) in [6, 6.07) is 6.44. The van der Waals surface area contributed by atoms with Crippen LogP contribution in [0, 0.1) is 0 Å².